The third-order valence-electron chi connectivity index (χ3n) is 3.48. The second-order valence-electron chi connectivity index (χ2n) is 5.28. The molecule has 1 rings (SSSR count). The van der Waals surface area contributed by atoms with Crippen molar-refractivity contribution in [2.45, 2.75) is 58.4 Å². The number of nitrogens with one attached hydrogen (secondary N) is 1. The number of methoxy groups -OCH3 is 1. The van der Waals surface area contributed by atoms with Crippen molar-refractivity contribution < 1.29 is 44.2 Å². The van der Waals surface area contributed by atoms with Crippen molar-refractivity contribution in [3.05, 3.63) is 23.8 Å². The number of unbranched alkanes of at least 4 members (excludes halogenated alkanes) is 5. The Balaban J connectivity index is 0.00000441. The van der Waals surface area contributed by atoms with Crippen molar-refractivity contribution in [3.8, 4) is 11.5 Å². The summed E-state index contributed by atoms with van der Waals surface area (Å²) < 4.78 is 4.98. The van der Waals surface area contributed by atoms with Crippen LogP contribution in [0.3, 0.4) is 0 Å². The molecule has 4 nitrogen and oxygen atoms in total. The van der Waals surface area contributed by atoms with Crippen LogP contribution in [0, 0.1) is 0 Å². The van der Waals surface area contributed by atoms with Crippen LogP contribution in [0.1, 0.15) is 57.4 Å². The molecule has 0 aliphatic rings. The van der Waals surface area contributed by atoms with Crippen LogP contribution in [0.15, 0.2) is 18.2 Å². The molecule has 1 amide bonds. The Morgan fingerprint density at radius 2 is 1.86 bits per heavy atom. The van der Waals surface area contributed by atoms with Gasteiger partial charge in [0.25, 0.3) is 0 Å². The molecule has 0 radical (unpaired) electrons. The second-order valence-corrected chi connectivity index (χ2v) is 5.28. The summed E-state index contributed by atoms with van der Waals surface area (Å²) in [5.41, 5.74) is 0.878. The number of hydrogen-bond acceptors (Lipinski definition) is 3. The molecule has 0 atom stereocenters. The number of amides is 1. The van der Waals surface area contributed by atoms with E-state index in [1.165, 1.54) is 38.9 Å². The van der Waals surface area contributed by atoms with Crippen molar-refractivity contribution in [3.63, 3.8) is 0 Å². The summed E-state index contributed by atoms with van der Waals surface area (Å²) in [5.74, 6) is 0.244. The van der Waals surface area contributed by atoms with E-state index in [0.717, 1.165) is 18.4 Å². The molecule has 1 N–H and O–H groups in total. The van der Waals surface area contributed by atoms with Gasteiger partial charge in [-0.3, -0.25) is 4.79 Å². The molecule has 0 saturated carbocycles. The molecule has 0 bridgehead atoms. The third kappa shape index (κ3) is 8.66. The summed E-state index contributed by atoms with van der Waals surface area (Å²) in [5, 5.41) is 14.3. The smallest absolute Gasteiger partial charge is 0.870 e. The summed E-state index contributed by atoms with van der Waals surface area (Å²) in [6, 6.07) is 4.86. The van der Waals surface area contributed by atoms with E-state index in [-0.39, 0.29) is 41.2 Å². The van der Waals surface area contributed by atoms with E-state index in [9.17, 15) is 9.90 Å². The van der Waals surface area contributed by atoms with Gasteiger partial charge in [-0.15, -0.1) is 0 Å². The zero-order valence-corrected chi connectivity index (χ0v) is 16.1. The van der Waals surface area contributed by atoms with Gasteiger partial charge in [-0.05, 0) is 18.1 Å². The van der Waals surface area contributed by atoms with E-state index in [0.29, 0.717) is 18.7 Å². The monoisotopic (exact) mass is 315 g/mol. The summed E-state index contributed by atoms with van der Waals surface area (Å²) in [6.07, 6.45) is 7.63. The largest absolute Gasteiger partial charge is 1.00 e. The topological polar surface area (TPSA) is 61.4 Å². The van der Waals surface area contributed by atoms with Gasteiger partial charge < -0.3 is 15.2 Å². The Hall–Kier alpha value is -0.710. The number of ether oxygens (including phenoxy) is 1. The fourth-order valence-electron chi connectivity index (χ4n) is 2.18. The molecule has 0 fully saturated rings. The van der Waals surface area contributed by atoms with Crippen LogP contribution in [0.4, 0.5) is 0 Å². The zero-order chi connectivity index (χ0) is 15.5. The van der Waals surface area contributed by atoms with Gasteiger partial charge in [-0.2, -0.15) is 0 Å². The Labute approximate surface area is 155 Å². The van der Waals surface area contributed by atoms with E-state index in [1.54, 1.807) is 12.1 Å². The fourth-order valence-corrected chi connectivity index (χ4v) is 2.18. The SMILES string of the molecule is CCCCCCCCC(=O)NCc1ccc([O-])c(OC)c1.[Na+]. The quantitative estimate of drug-likeness (QED) is 0.493. The molecule has 22 heavy (non-hydrogen) atoms. The molecule has 5 heteroatoms. The maximum atomic E-state index is 11.7. The number of carbonyl (C=O) groups is 1. The molecule has 0 aliphatic heterocycles. The Bertz CT molecular complexity index is 438. The van der Waals surface area contributed by atoms with Crippen LogP contribution in [-0.4, -0.2) is 13.0 Å². The van der Waals surface area contributed by atoms with Crippen LogP contribution in [0.2, 0.25) is 0 Å². The third-order valence-corrected chi connectivity index (χ3v) is 3.48. The van der Waals surface area contributed by atoms with Gasteiger partial charge in [0.15, 0.2) is 0 Å². The minimum atomic E-state index is -0.139. The number of carbonyl (C=O) groups excluding carboxylic acids is 1. The molecule has 1 aromatic rings. The van der Waals surface area contributed by atoms with Gasteiger partial charge in [-0.1, -0.05) is 56.9 Å². The zero-order valence-electron chi connectivity index (χ0n) is 14.1. The first-order valence-electron chi connectivity index (χ1n) is 7.78. The van der Waals surface area contributed by atoms with E-state index in [4.69, 9.17) is 4.74 Å². The fraction of sp³-hybridized carbons (Fsp3) is 0.588. The van der Waals surface area contributed by atoms with Crippen LogP contribution in [0.25, 0.3) is 0 Å². The van der Waals surface area contributed by atoms with Gasteiger partial charge in [0.05, 0.1) is 7.11 Å². The summed E-state index contributed by atoms with van der Waals surface area (Å²) in [7, 11) is 1.47. The van der Waals surface area contributed by atoms with Gasteiger partial charge in [-0.25, -0.2) is 0 Å². The van der Waals surface area contributed by atoms with Crippen molar-refractivity contribution in [2.24, 2.45) is 0 Å². The molecular weight excluding hydrogens is 289 g/mol. The molecule has 0 saturated heterocycles. The first-order valence-corrected chi connectivity index (χ1v) is 7.78. The van der Waals surface area contributed by atoms with Crippen LogP contribution in [-0.2, 0) is 11.3 Å². The average molecular weight is 315 g/mol. The second kappa shape index (κ2) is 12.8. The van der Waals surface area contributed by atoms with Crippen molar-refractivity contribution in [2.75, 3.05) is 7.11 Å². The van der Waals surface area contributed by atoms with Crippen LogP contribution in [0.5, 0.6) is 11.5 Å². The average Bonchev–Trinajstić information content (AvgIpc) is 2.50. The predicted molar refractivity (Wildman–Crippen MR) is 82.3 cm³/mol. The molecule has 0 spiro atoms. The summed E-state index contributed by atoms with van der Waals surface area (Å²) in [4.78, 5) is 11.7. The van der Waals surface area contributed by atoms with Crippen molar-refractivity contribution >= 4 is 5.91 Å². The van der Waals surface area contributed by atoms with Gasteiger partial charge in [0, 0.05) is 13.0 Å². The number of hydrogen-bond donors (Lipinski definition) is 1. The predicted octanol–water partition coefficient (Wildman–Crippen LogP) is 0.140. The Morgan fingerprint density at radius 3 is 2.55 bits per heavy atom. The first kappa shape index (κ1) is 21.3. The molecule has 1 aromatic carbocycles. The molecule has 0 aliphatic carbocycles. The summed E-state index contributed by atoms with van der Waals surface area (Å²) in [6.45, 7) is 2.63. The van der Waals surface area contributed by atoms with Crippen LogP contribution < -0.4 is 44.7 Å². The number of rotatable bonds is 10. The van der Waals surface area contributed by atoms with Crippen LogP contribution >= 0.6 is 0 Å². The first-order chi connectivity index (χ1) is 10.2. The number of benzene rings is 1. The van der Waals surface area contributed by atoms with E-state index < -0.39 is 0 Å². The minimum Gasteiger partial charge on any atom is -0.870 e. The molecule has 118 valence electrons. The minimum absolute atomic E-state index is 0. The van der Waals surface area contributed by atoms with Crippen molar-refractivity contribution in [1.82, 2.24) is 5.32 Å². The molecule has 0 heterocycles. The van der Waals surface area contributed by atoms with E-state index >= 15 is 0 Å². The molecular formula is C17H26NNaO3. The van der Waals surface area contributed by atoms with E-state index in [1.807, 2.05) is 0 Å². The Morgan fingerprint density at radius 1 is 1.18 bits per heavy atom. The molecule has 0 unspecified atom stereocenters. The van der Waals surface area contributed by atoms with Gasteiger partial charge >= 0.3 is 29.6 Å². The normalized spacial score (nSPS) is 9.91. The van der Waals surface area contributed by atoms with E-state index in [2.05, 4.69) is 12.2 Å². The van der Waals surface area contributed by atoms with Crippen molar-refractivity contribution in [1.29, 1.82) is 0 Å². The Kier molecular flexibility index (Phi) is 12.4. The maximum absolute atomic E-state index is 11.7. The van der Waals surface area contributed by atoms with Gasteiger partial charge in [0.1, 0.15) is 5.75 Å². The maximum Gasteiger partial charge on any atom is 1.00 e. The standard InChI is InChI=1S/C17H27NO3.Na/c1-3-4-5-6-7-8-9-17(20)18-13-14-10-11-15(19)16(12-14)21-2;/h10-12,19H,3-9,13H2,1-2H3,(H,18,20);/q;+1/p-1. The van der Waals surface area contributed by atoms with Gasteiger partial charge in [0.2, 0.25) is 5.91 Å². The molecule has 0 aromatic heterocycles. The summed E-state index contributed by atoms with van der Waals surface area (Å²) >= 11 is 0.